The molecule has 1 aromatic rings. The van der Waals surface area contributed by atoms with E-state index in [0.29, 0.717) is 0 Å². The number of hydrogen-bond donors (Lipinski definition) is 1. The number of imidazole rings is 1. The van der Waals surface area contributed by atoms with E-state index in [1.54, 1.807) is 0 Å². The third kappa shape index (κ3) is 2.06. The van der Waals surface area contributed by atoms with Crippen molar-refractivity contribution in [3.63, 3.8) is 0 Å². The van der Waals surface area contributed by atoms with Crippen LogP contribution in [0.3, 0.4) is 0 Å². The Kier molecular flexibility index (Phi) is 2.55. The van der Waals surface area contributed by atoms with Gasteiger partial charge >= 0.3 is 0 Å². The highest BCUT2D eigenvalue weighted by Gasteiger charge is 2.32. The Morgan fingerprint density at radius 2 is 2.40 bits per heavy atom. The Labute approximate surface area is 91.2 Å². The van der Waals surface area contributed by atoms with Gasteiger partial charge in [-0.3, -0.25) is 0 Å². The molecule has 0 aromatic carbocycles. The topological polar surface area (TPSA) is 29.9 Å². The van der Waals surface area contributed by atoms with Gasteiger partial charge in [0.15, 0.2) is 0 Å². The second kappa shape index (κ2) is 3.72. The molecule has 0 aliphatic heterocycles. The maximum absolute atomic E-state index is 4.50. The van der Waals surface area contributed by atoms with Crippen LogP contribution < -0.4 is 5.32 Å². The normalized spacial score (nSPS) is 18.3. The van der Waals surface area contributed by atoms with Gasteiger partial charge in [-0.05, 0) is 33.1 Å². The molecular formula is C12H19N3. The lowest BCUT2D eigenvalue weighted by Crippen LogP contribution is -2.42. The van der Waals surface area contributed by atoms with E-state index in [1.807, 2.05) is 13.0 Å². The standard InChI is InChI=1S/C12H19N3/c1-4-8-15-9-10(2)13-11(15)14-12(3)6-5-7-12/h4,9H,1,5-8H2,2-3H3,(H,13,14). The third-order valence-electron chi connectivity index (χ3n) is 3.09. The minimum atomic E-state index is 0.261. The minimum Gasteiger partial charge on any atom is -0.350 e. The summed E-state index contributed by atoms with van der Waals surface area (Å²) in [6.07, 6.45) is 7.77. The van der Waals surface area contributed by atoms with Crippen LogP contribution in [0.2, 0.25) is 0 Å². The fraction of sp³-hybridized carbons (Fsp3) is 0.583. The summed E-state index contributed by atoms with van der Waals surface area (Å²) in [5, 5.41) is 3.53. The smallest absolute Gasteiger partial charge is 0.203 e. The molecule has 82 valence electrons. The summed E-state index contributed by atoms with van der Waals surface area (Å²) in [7, 11) is 0. The average molecular weight is 205 g/mol. The van der Waals surface area contributed by atoms with Crippen molar-refractivity contribution in [2.24, 2.45) is 0 Å². The van der Waals surface area contributed by atoms with Crippen LogP contribution in [0.4, 0.5) is 5.95 Å². The first-order chi connectivity index (χ1) is 7.13. The van der Waals surface area contributed by atoms with E-state index < -0.39 is 0 Å². The van der Waals surface area contributed by atoms with Crippen LogP contribution in [0.1, 0.15) is 31.9 Å². The lowest BCUT2D eigenvalue weighted by Gasteiger charge is -2.39. The van der Waals surface area contributed by atoms with Gasteiger partial charge in [0, 0.05) is 18.3 Å². The number of aryl methyl sites for hydroxylation is 1. The van der Waals surface area contributed by atoms with Crippen molar-refractivity contribution >= 4 is 5.95 Å². The van der Waals surface area contributed by atoms with Crippen molar-refractivity contribution in [3.8, 4) is 0 Å². The van der Waals surface area contributed by atoms with Crippen molar-refractivity contribution in [2.45, 2.75) is 45.2 Å². The Morgan fingerprint density at radius 1 is 1.67 bits per heavy atom. The average Bonchev–Trinajstić information content (AvgIpc) is 2.45. The number of aromatic nitrogens is 2. The largest absolute Gasteiger partial charge is 0.350 e. The van der Waals surface area contributed by atoms with Crippen LogP contribution in [0.15, 0.2) is 18.9 Å². The molecular weight excluding hydrogens is 186 g/mol. The first-order valence-electron chi connectivity index (χ1n) is 5.56. The zero-order valence-electron chi connectivity index (χ0n) is 9.58. The highest BCUT2D eigenvalue weighted by atomic mass is 15.2. The molecule has 1 aromatic heterocycles. The van der Waals surface area contributed by atoms with Gasteiger partial charge in [-0.15, -0.1) is 6.58 Å². The first-order valence-corrected chi connectivity index (χ1v) is 5.56. The molecule has 1 N–H and O–H groups in total. The molecule has 0 bridgehead atoms. The summed E-state index contributed by atoms with van der Waals surface area (Å²) in [5.74, 6) is 0.981. The van der Waals surface area contributed by atoms with E-state index >= 15 is 0 Å². The molecule has 15 heavy (non-hydrogen) atoms. The van der Waals surface area contributed by atoms with Gasteiger partial charge in [0.05, 0.1) is 5.69 Å². The van der Waals surface area contributed by atoms with Gasteiger partial charge in [0.1, 0.15) is 0 Å². The van der Waals surface area contributed by atoms with E-state index in [-0.39, 0.29) is 5.54 Å². The minimum absolute atomic E-state index is 0.261. The van der Waals surface area contributed by atoms with Gasteiger partial charge in [-0.1, -0.05) is 6.08 Å². The molecule has 1 fully saturated rings. The van der Waals surface area contributed by atoms with Crippen LogP contribution in [0.25, 0.3) is 0 Å². The van der Waals surface area contributed by atoms with Crippen molar-refractivity contribution < 1.29 is 0 Å². The second-order valence-corrected chi connectivity index (χ2v) is 4.69. The maximum Gasteiger partial charge on any atom is 0.203 e. The molecule has 0 radical (unpaired) electrons. The summed E-state index contributed by atoms with van der Waals surface area (Å²) in [4.78, 5) is 4.50. The molecule has 1 aliphatic carbocycles. The Balaban J connectivity index is 2.15. The first kappa shape index (κ1) is 10.3. The van der Waals surface area contributed by atoms with Crippen molar-refractivity contribution in [1.82, 2.24) is 9.55 Å². The zero-order valence-corrected chi connectivity index (χ0v) is 9.58. The van der Waals surface area contributed by atoms with Crippen LogP contribution in [-0.4, -0.2) is 15.1 Å². The molecule has 3 nitrogen and oxygen atoms in total. The number of hydrogen-bond acceptors (Lipinski definition) is 2. The Morgan fingerprint density at radius 3 is 2.93 bits per heavy atom. The molecule has 1 heterocycles. The van der Waals surface area contributed by atoms with E-state index in [9.17, 15) is 0 Å². The molecule has 0 spiro atoms. The van der Waals surface area contributed by atoms with Gasteiger partial charge < -0.3 is 9.88 Å². The van der Waals surface area contributed by atoms with Gasteiger partial charge in [0.25, 0.3) is 0 Å². The van der Waals surface area contributed by atoms with Crippen LogP contribution in [0.5, 0.6) is 0 Å². The molecule has 2 rings (SSSR count). The molecule has 1 saturated carbocycles. The van der Waals surface area contributed by atoms with Crippen LogP contribution >= 0.6 is 0 Å². The summed E-state index contributed by atoms with van der Waals surface area (Å²) in [5.41, 5.74) is 1.32. The molecule has 0 saturated heterocycles. The Bertz CT molecular complexity index is 361. The molecule has 3 heteroatoms. The van der Waals surface area contributed by atoms with Crippen molar-refractivity contribution in [1.29, 1.82) is 0 Å². The molecule has 1 aliphatic rings. The van der Waals surface area contributed by atoms with Crippen LogP contribution in [-0.2, 0) is 6.54 Å². The summed E-state index contributed by atoms with van der Waals surface area (Å²) in [6.45, 7) is 8.86. The van der Waals surface area contributed by atoms with E-state index in [4.69, 9.17) is 0 Å². The fourth-order valence-corrected chi connectivity index (χ4v) is 2.03. The maximum atomic E-state index is 4.50. The van der Waals surface area contributed by atoms with E-state index in [0.717, 1.165) is 18.2 Å². The van der Waals surface area contributed by atoms with Gasteiger partial charge in [-0.2, -0.15) is 0 Å². The molecule has 0 amide bonds. The monoisotopic (exact) mass is 205 g/mol. The fourth-order valence-electron chi connectivity index (χ4n) is 2.03. The van der Waals surface area contributed by atoms with E-state index in [1.165, 1.54) is 19.3 Å². The number of nitrogens with zero attached hydrogens (tertiary/aromatic N) is 2. The number of anilines is 1. The number of rotatable bonds is 4. The summed E-state index contributed by atoms with van der Waals surface area (Å²) >= 11 is 0. The third-order valence-corrected chi connectivity index (χ3v) is 3.09. The van der Waals surface area contributed by atoms with Gasteiger partial charge in [-0.25, -0.2) is 4.98 Å². The lowest BCUT2D eigenvalue weighted by molar-refractivity contribution is 0.304. The summed E-state index contributed by atoms with van der Waals surface area (Å²) in [6, 6.07) is 0. The SMILES string of the molecule is C=CCn1cc(C)nc1NC1(C)CCC1. The van der Waals surface area contributed by atoms with E-state index in [2.05, 4.69) is 34.6 Å². The number of allylic oxidation sites excluding steroid dienone is 1. The summed E-state index contributed by atoms with van der Waals surface area (Å²) < 4.78 is 2.12. The molecule has 0 unspecified atom stereocenters. The quantitative estimate of drug-likeness (QED) is 0.766. The van der Waals surface area contributed by atoms with Crippen molar-refractivity contribution in [3.05, 3.63) is 24.5 Å². The van der Waals surface area contributed by atoms with Crippen LogP contribution in [0, 0.1) is 6.92 Å². The second-order valence-electron chi connectivity index (χ2n) is 4.69. The number of nitrogens with one attached hydrogen (secondary N) is 1. The Hall–Kier alpha value is -1.25. The predicted molar refractivity (Wildman–Crippen MR) is 63.0 cm³/mol. The lowest BCUT2D eigenvalue weighted by atomic mass is 9.79. The highest BCUT2D eigenvalue weighted by molar-refractivity contribution is 5.34. The van der Waals surface area contributed by atoms with Gasteiger partial charge in [0.2, 0.25) is 5.95 Å². The highest BCUT2D eigenvalue weighted by Crippen LogP contribution is 2.34. The predicted octanol–water partition coefficient (Wildman–Crippen LogP) is 2.73. The zero-order chi connectivity index (χ0) is 10.9. The van der Waals surface area contributed by atoms with Crippen molar-refractivity contribution in [2.75, 3.05) is 5.32 Å². The molecule has 0 atom stereocenters.